The minimum absolute atomic E-state index is 0.0637. The first-order valence-corrected chi connectivity index (χ1v) is 10.4. The van der Waals surface area contributed by atoms with Crippen LogP contribution in [0.1, 0.15) is 34.3 Å². The molecule has 0 spiro atoms. The van der Waals surface area contributed by atoms with Gasteiger partial charge in [0, 0.05) is 24.4 Å². The molecule has 1 amide bonds. The molecule has 27 heavy (non-hydrogen) atoms. The molecule has 1 unspecified atom stereocenters. The largest absolute Gasteiger partial charge is 0.377 e. The second kappa shape index (κ2) is 8.21. The summed E-state index contributed by atoms with van der Waals surface area (Å²) in [5.74, 6) is -0.349. The van der Waals surface area contributed by atoms with E-state index in [9.17, 15) is 13.2 Å². The van der Waals surface area contributed by atoms with Crippen LogP contribution >= 0.6 is 0 Å². The highest BCUT2D eigenvalue weighted by Crippen LogP contribution is 2.19. The Morgan fingerprint density at radius 1 is 1.19 bits per heavy atom. The van der Waals surface area contributed by atoms with E-state index in [4.69, 9.17) is 4.74 Å². The molecule has 144 valence electrons. The van der Waals surface area contributed by atoms with E-state index >= 15 is 0 Å². The Labute approximate surface area is 160 Å². The van der Waals surface area contributed by atoms with Crippen LogP contribution in [0.25, 0.3) is 0 Å². The molecule has 2 aromatic rings. The highest BCUT2D eigenvalue weighted by Gasteiger charge is 2.21. The van der Waals surface area contributed by atoms with Gasteiger partial charge in [0.2, 0.25) is 10.0 Å². The molecular weight excluding hydrogens is 364 g/mol. The van der Waals surface area contributed by atoms with Gasteiger partial charge in [0.25, 0.3) is 5.91 Å². The lowest BCUT2D eigenvalue weighted by molar-refractivity contribution is 0.102. The fourth-order valence-electron chi connectivity index (χ4n) is 3.04. The number of carbonyl (C=O) groups excluding carboxylic acids is 1. The zero-order valence-electron chi connectivity index (χ0n) is 15.5. The minimum atomic E-state index is -3.70. The third-order valence-corrected chi connectivity index (χ3v) is 5.98. The second-order valence-corrected chi connectivity index (χ2v) is 8.55. The van der Waals surface area contributed by atoms with Gasteiger partial charge in [0.1, 0.15) is 0 Å². The van der Waals surface area contributed by atoms with Gasteiger partial charge in [-0.3, -0.25) is 4.79 Å². The zero-order valence-corrected chi connectivity index (χ0v) is 16.3. The van der Waals surface area contributed by atoms with Crippen LogP contribution in [0.4, 0.5) is 5.69 Å². The monoisotopic (exact) mass is 388 g/mol. The molecule has 1 atom stereocenters. The molecule has 0 bridgehead atoms. The van der Waals surface area contributed by atoms with Crippen LogP contribution in [0.2, 0.25) is 0 Å². The fraction of sp³-hybridized carbons (Fsp3) is 0.350. The Hall–Kier alpha value is -2.22. The first-order chi connectivity index (χ1) is 12.8. The molecule has 0 saturated carbocycles. The Bertz CT molecular complexity index is 935. The normalized spacial score (nSPS) is 17.0. The average Bonchev–Trinajstić information content (AvgIpc) is 3.16. The van der Waals surface area contributed by atoms with Crippen molar-refractivity contribution in [3.63, 3.8) is 0 Å². The number of aryl methyl sites for hydroxylation is 2. The quantitative estimate of drug-likeness (QED) is 0.797. The van der Waals surface area contributed by atoms with Crippen LogP contribution in [-0.4, -0.2) is 33.6 Å². The number of hydrogen-bond donors (Lipinski definition) is 2. The molecule has 1 heterocycles. The second-order valence-electron chi connectivity index (χ2n) is 6.79. The molecule has 1 saturated heterocycles. The first-order valence-electron chi connectivity index (χ1n) is 8.95. The van der Waals surface area contributed by atoms with Crippen LogP contribution in [0.5, 0.6) is 0 Å². The van der Waals surface area contributed by atoms with Gasteiger partial charge in [0.15, 0.2) is 0 Å². The molecule has 2 aromatic carbocycles. The lowest BCUT2D eigenvalue weighted by Crippen LogP contribution is -2.32. The van der Waals surface area contributed by atoms with Crippen molar-refractivity contribution in [2.75, 3.05) is 18.5 Å². The van der Waals surface area contributed by atoms with Crippen molar-refractivity contribution >= 4 is 21.6 Å². The van der Waals surface area contributed by atoms with Crippen LogP contribution in [0.15, 0.2) is 47.4 Å². The van der Waals surface area contributed by atoms with Crippen molar-refractivity contribution < 1.29 is 17.9 Å². The predicted molar refractivity (Wildman–Crippen MR) is 104 cm³/mol. The first kappa shape index (κ1) is 19.5. The third kappa shape index (κ3) is 4.94. The molecule has 1 aliphatic rings. The van der Waals surface area contributed by atoms with Gasteiger partial charge in [-0.15, -0.1) is 0 Å². The van der Waals surface area contributed by atoms with Gasteiger partial charge >= 0.3 is 0 Å². The van der Waals surface area contributed by atoms with Crippen LogP contribution < -0.4 is 10.0 Å². The minimum Gasteiger partial charge on any atom is -0.377 e. The standard InChI is InChI=1S/C20H24N2O4S/c1-14-8-9-19(15(2)11-14)22-20(23)16-5-3-7-18(12-16)27(24,25)21-13-17-6-4-10-26-17/h3,5,7-9,11-12,17,21H,4,6,10,13H2,1-2H3,(H,22,23). The van der Waals surface area contributed by atoms with Crippen molar-refractivity contribution in [2.24, 2.45) is 0 Å². The summed E-state index contributed by atoms with van der Waals surface area (Å²) in [5, 5.41) is 2.83. The summed E-state index contributed by atoms with van der Waals surface area (Å²) in [6.45, 7) is 4.80. The van der Waals surface area contributed by atoms with Crippen LogP contribution in [0, 0.1) is 13.8 Å². The fourth-order valence-corrected chi connectivity index (χ4v) is 4.16. The van der Waals surface area contributed by atoms with Crippen molar-refractivity contribution in [2.45, 2.75) is 37.7 Å². The topological polar surface area (TPSA) is 84.5 Å². The van der Waals surface area contributed by atoms with Crippen LogP contribution in [0.3, 0.4) is 0 Å². The Morgan fingerprint density at radius 3 is 2.70 bits per heavy atom. The zero-order chi connectivity index (χ0) is 19.4. The van der Waals surface area contributed by atoms with E-state index in [1.165, 1.54) is 12.1 Å². The average molecular weight is 388 g/mol. The Balaban J connectivity index is 1.72. The molecule has 3 rings (SSSR count). The number of rotatable bonds is 6. The molecule has 1 fully saturated rings. The SMILES string of the molecule is Cc1ccc(NC(=O)c2cccc(S(=O)(=O)NCC3CCCO3)c2)c(C)c1. The van der Waals surface area contributed by atoms with Crippen molar-refractivity contribution in [3.8, 4) is 0 Å². The van der Waals surface area contributed by atoms with Gasteiger partial charge < -0.3 is 10.1 Å². The van der Waals surface area contributed by atoms with Gasteiger partial charge in [-0.05, 0) is 56.5 Å². The molecule has 6 nitrogen and oxygen atoms in total. The van der Waals surface area contributed by atoms with Crippen molar-refractivity contribution in [1.82, 2.24) is 4.72 Å². The summed E-state index contributed by atoms with van der Waals surface area (Å²) >= 11 is 0. The summed E-state index contributed by atoms with van der Waals surface area (Å²) in [5.41, 5.74) is 3.05. The number of hydrogen-bond acceptors (Lipinski definition) is 4. The number of benzene rings is 2. The van der Waals surface area contributed by atoms with Gasteiger partial charge in [-0.2, -0.15) is 0 Å². The van der Waals surface area contributed by atoms with Crippen molar-refractivity contribution in [3.05, 3.63) is 59.2 Å². The maximum Gasteiger partial charge on any atom is 0.255 e. The number of ether oxygens (including phenoxy) is 1. The Kier molecular flexibility index (Phi) is 5.94. The summed E-state index contributed by atoms with van der Waals surface area (Å²) in [7, 11) is -3.70. The third-order valence-electron chi connectivity index (χ3n) is 4.56. The molecule has 7 heteroatoms. The van der Waals surface area contributed by atoms with Gasteiger partial charge in [-0.25, -0.2) is 13.1 Å². The summed E-state index contributed by atoms with van der Waals surface area (Å²) in [4.78, 5) is 12.6. The number of carbonyl (C=O) groups is 1. The van der Waals surface area contributed by atoms with E-state index < -0.39 is 10.0 Å². The molecule has 0 radical (unpaired) electrons. The van der Waals surface area contributed by atoms with E-state index in [0.29, 0.717) is 12.3 Å². The summed E-state index contributed by atoms with van der Waals surface area (Å²) in [6, 6.07) is 11.8. The number of sulfonamides is 1. The maximum absolute atomic E-state index is 12.6. The van der Waals surface area contributed by atoms with E-state index in [1.54, 1.807) is 12.1 Å². The summed E-state index contributed by atoms with van der Waals surface area (Å²) in [6.07, 6.45) is 1.71. The number of amides is 1. The van der Waals surface area contributed by atoms with Crippen molar-refractivity contribution in [1.29, 1.82) is 0 Å². The summed E-state index contributed by atoms with van der Waals surface area (Å²) < 4.78 is 33.0. The molecule has 0 aromatic heterocycles. The number of nitrogens with one attached hydrogen (secondary N) is 2. The van der Waals surface area contributed by atoms with Gasteiger partial charge in [-0.1, -0.05) is 23.8 Å². The highest BCUT2D eigenvalue weighted by atomic mass is 32.2. The van der Waals surface area contributed by atoms with E-state index in [1.807, 2.05) is 32.0 Å². The van der Waals surface area contributed by atoms with Crippen LogP contribution in [-0.2, 0) is 14.8 Å². The van der Waals surface area contributed by atoms with Gasteiger partial charge in [0.05, 0.1) is 11.0 Å². The molecule has 0 aliphatic carbocycles. The molecular formula is C20H24N2O4S. The van der Waals surface area contributed by atoms with E-state index in [2.05, 4.69) is 10.0 Å². The lowest BCUT2D eigenvalue weighted by Gasteiger charge is -2.13. The molecule has 2 N–H and O–H groups in total. The highest BCUT2D eigenvalue weighted by molar-refractivity contribution is 7.89. The molecule has 1 aliphatic heterocycles. The predicted octanol–water partition coefficient (Wildman–Crippen LogP) is 3.01. The van der Waals surface area contributed by atoms with E-state index in [-0.39, 0.29) is 29.0 Å². The lowest BCUT2D eigenvalue weighted by atomic mass is 10.1. The van der Waals surface area contributed by atoms with E-state index in [0.717, 1.165) is 24.0 Å². The number of anilines is 1. The Morgan fingerprint density at radius 2 is 2.00 bits per heavy atom. The maximum atomic E-state index is 12.6. The smallest absolute Gasteiger partial charge is 0.255 e.